The van der Waals surface area contributed by atoms with Crippen LogP contribution in [0.2, 0.25) is 0 Å². The smallest absolute Gasteiger partial charge is 0.115 e. The number of phenolic OH excluding ortho intramolecular Hbond substituents is 2. The fourth-order valence-electron chi connectivity index (χ4n) is 4.75. The highest BCUT2D eigenvalue weighted by molar-refractivity contribution is 6.22. The Morgan fingerprint density at radius 2 is 1.09 bits per heavy atom. The van der Waals surface area contributed by atoms with Crippen LogP contribution in [-0.2, 0) is 6.42 Å². The number of phenols is 2. The minimum atomic E-state index is 0.270. The molecule has 0 aliphatic heterocycles. The molecule has 2 N–H and O–H groups in total. The molecular formula is C30H26O2. The molecule has 0 saturated heterocycles. The van der Waals surface area contributed by atoms with E-state index in [9.17, 15) is 10.2 Å². The molecule has 5 rings (SSSR count). The first-order valence-corrected chi connectivity index (χ1v) is 11.2. The zero-order valence-corrected chi connectivity index (χ0v) is 18.2. The van der Waals surface area contributed by atoms with Crippen LogP contribution in [0.4, 0.5) is 0 Å². The largest absolute Gasteiger partial charge is 0.508 e. The molecule has 0 radical (unpaired) electrons. The zero-order chi connectivity index (χ0) is 22.1. The van der Waals surface area contributed by atoms with Gasteiger partial charge in [-0.25, -0.2) is 0 Å². The van der Waals surface area contributed by atoms with Crippen LogP contribution in [0, 0.1) is 0 Å². The maximum absolute atomic E-state index is 9.90. The van der Waals surface area contributed by atoms with E-state index in [2.05, 4.69) is 49.4 Å². The molecule has 32 heavy (non-hydrogen) atoms. The molecule has 0 unspecified atom stereocenters. The first-order valence-electron chi connectivity index (χ1n) is 11.2. The highest BCUT2D eigenvalue weighted by Gasteiger charge is 2.18. The van der Waals surface area contributed by atoms with Crippen molar-refractivity contribution in [3.63, 3.8) is 0 Å². The summed E-state index contributed by atoms with van der Waals surface area (Å²) < 4.78 is 0. The normalized spacial score (nSPS) is 11.3. The molecule has 2 nitrogen and oxygen atoms in total. The van der Waals surface area contributed by atoms with Crippen LogP contribution < -0.4 is 0 Å². The Bertz CT molecular complexity index is 1400. The van der Waals surface area contributed by atoms with Crippen molar-refractivity contribution in [1.29, 1.82) is 0 Å². The molecule has 0 aliphatic rings. The van der Waals surface area contributed by atoms with Gasteiger partial charge in [0.2, 0.25) is 0 Å². The SMILES string of the molecule is CCCCc1cccc2c(-c3ccc(O)cc3)c3ccccc3c(-c3ccc(O)cc3)c12. The molecule has 0 spiro atoms. The van der Waals surface area contributed by atoms with Crippen molar-refractivity contribution in [2.45, 2.75) is 26.2 Å². The van der Waals surface area contributed by atoms with Crippen molar-refractivity contribution in [2.24, 2.45) is 0 Å². The molecule has 2 heteroatoms. The Hall–Kier alpha value is -3.78. The summed E-state index contributed by atoms with van der Waals surface area (Å²) in [5.74, 6) is 0.543. The average molecular weight is 419 g/mol. The van der Waals surface area contributed by atoms with Crippen LogP contribution in [0.5, 0.6) is 11.5 Å². The van der Waals surface area contributed by atoms with Crippen LogP contribution in [0.3, 0.4) is 0 Å². The molecule has 0 bridgehead atoms. The quantitative estimate of drug-likeness (QED) is 0.283. The van der Waals surface area contributed by atoms with Gasteiger partial charge < -0.3 is 10.2 Å². The number of hydrogen-bond acceptors (Lipinski definition) is 2. The molecule has 5 aromatic carbocycles. The van der Waals surface area contributed by atoms with Crippen LogP contribution in [0.25, 0.3) is 43.8 Å². The second-order valence-electron chi connectivity index (χ2n) is 8.33. The number of hydrogen-bond donors (Lipinski definition) is 2. The Morgan fingerprint density at radius 1 is 0.562 bits per heavy atom. The first-order chi connectivity index (χ1) is 15.7. The molecule has 5 aromatic rings. The molecule has 0 saturated carbocycles. The van der Waals surface area contributed by atoms with Crippen molar-refractivity contribution in [1.82, 2.24) is 0 Å². The first kappa shape index (κ1) is 20.1. The minimum Gasteiger partial charge on any atom is -0.508 e. The lowest BCUT2D eigenvalue weighted by Gasteiger charge is -2.20. The van der Waals surface area contributed by atoms with E-state index in [1.54, 1.807) is 24.3 Å². The molecule has 0 amide bonds. The predicted molar refractivity (Wildman–Crippen MR) is 134 cm³/mol. The number of aryl methyl sites for hydroxylation is 1. The van der Waals surface area contributed by atoms with Crippen LogP contribution in [0.1, 0.15) is 25.3 Å². The lowest BCUT2D eigenvalue weighted by molar-refractivity contribution is 0.475. The summed E-state index contributed by atoms with van der Waals surface area (Å²) in [6.07, 6.45) is 3.30. The second kappa shape index (κ2) is 8.39. The topological polar surface area (TPSA) is 40.5 Å². The Kier molecular flexibility index (Phi) is 5.28. The second-order valence-corrected chi connectivity index (χ2v) is 8.33. The third-order valence-corrected chi connectivity index (χ3v) is 6.25. The molecule has 0 aromatic heterocycles. The fourth-order valence-corrected chi connectivity index (χ4v) is 4.75. The van der Waals surface area contributed by atoms with Crippen LogP contribution in [-0.4, -0.2) is 10.2 Å². The molecule has 0 heterocycles. The van der Waals surface area contributed by atoms with Crippen molar-refractivity contribution >= 4 is 21.5 Å². The standard InChI is InChI=1S/C30H26O2/c1-2-3-7-20-8-6-11-27-28(21-12-16-23(31)17-13-21)25-9-4-5-10-26(25)29(30(20)27)22-14-18-24(32)19-15-22/h4-6,8-19,31-32H,2-3,7H2,1H3. The summed E-state index contributed by atoms with van der Waals surface area (Å²) >= 11 is 0. The highest BCUT2D eigenvalue weighted by atomic mass is 16.3. The van der Waals surface area contributed by atoms with Gasteiger partial charge in [-0.1, -0.05) is 80.1 Å². The van der Waals surface area contributed by atoms with Crippen molar-refractivity contribution in [2.75, 3.05) is 0 Å². The average Bonchev–Trinajstić information content (AvgIpc) is 2.82. The Morgan fingerprint density at radius 3 is 1.69 bits per heavy atom. The Labute approximate surface area is 188 Å². The van der Waals surface area contributed by atoms with Crippen molar-refractivity contribution in [3.8, 4) is 33.8 Å². The third-order valence-electron chi connectivity index (χ3n) is 6.25. The summed E-state index contributed by atoms with van der Waals surface area (Å²) in [7, 11) is 0. The van der Waals surface area contributed by atoms with Crippen molar-refractivity contribution in [3.05, 3.63) is 96.6 Å². The number of rotatable bonds is 5. The Balaban J connectivity index is 1.96. The van der Waals surface area contributed by atoms with E-state index < -0.39 is 0 Å². The van der Waals surface area contributed by atoms with Gasteiger partial charge in [0, 0.05) is 0 Å². The number of unbranched alkanes of at least 4 members (excludes halogenated alkanes) is 1. The zero-order valence-electron chi connectivity index (χ0n) is 18.2. The van der Waals surface area contributed by atoms with Gasteiger partial charge >= 0.3 is 0 Å². The van der Waals surface area contributed by atoms with Gasteiger partial charge in [-0.2, -0.15) is 0 Å². The van der Waals surface area contributed by atoms with Gasteiger partial charge in [0.15, 0.2) is 0 Å². The lowest BCUT2D eigenvalue weighted by atomic mass is 9.83. The number of aromatic hydroxyl groups is 2. The molecule has 158 valence electrons. The van der Waals surface area contributed by atoms with Gasteiger partial charge in [0.05, 0.1) is 0 Å². The molecule has 0 aliphatic carbocycles. The maximum Gasteiger partial charge on any atom is 0.115 e. The summed E-state index contributed by atoms with van der Waals surface area (Å²) in [5, 5.41) is 24.6. The van der Waals surface area contributed by atoms with E-state index in [0.717, 1.165) is 30.4 Å². The van der Waals surface area contributed by atoms with E-state index in [0.29, 0.717) is 0 Å². The summed E-state index contributed by atoms with van der Waals surface area (Å²) in [6.45, 7) is 2.23. The van der Waals surface area contributed by atoms with Gasteiger partial charge in [-0.3, -0.25) is 0 Å². The predicted octanol–water partition coefficient (Wildman–Crippen LogP) is 8.08. The molecular weight excluding hydrogens is 392 g/mol. The van der Waals surface area contributed by atoms with Gasteiger partial charge in [0.25, 0.3) is 0 Å². The summed E-state index contributed by atoms with van der Waals surface area (Å²) in [5.41, 5.74) is 5.94. The van der Waals surface area contributed by atoms with Gasteiger partial charge in [0.1, 0.15) is 11.5 Å². The van der Waals surface area contributed by atoms with E-state index in [1.807, 2.05) is 24.3 Å². The van der Waals surface area contributed by atoms with Gasteiger partial charge in [-0.15, -0.1) is 0 Å². The monoisotopic (exact) mass is 418 g/mol. The van der Waals surface area contributed by atoms with Crippen LogP contribution in [0.15, 0.2) is 91.0 Å². The van der Waals surface area contributed by atoms with E-state index >= 15 is 0 Å². The summed E-state index contributed by atoms with van der Waals surface area (Å²) in [4.78, 5) is 0. The summed E-state index contributed by atoms with van der Waals surface area (Å²) in [6, 6.07) is 30.2. The van der Waals surface area contributed by atoms with E-state index in [4.69, 9.17) is 0 Å². The number of fused-ring (bicyclic) bond motifs is 2. The van der Waals surface area contributed by atoms with Gasteiger partial charge in [-0.05, 0) is 86.5 Å². The fraction of sp³-hybridized carbons (Fsp3) is 0.133. The van der Waals surface area contributed by atoms with E-state index in [-0.39, 0.29) is 11.5 Å². The highest BCUT2D eigenvalue weighted by Crippen LogP contribution is 2.45. The van der Waals surface area contributed by atoms with E-state index in [1.165, 1.54) is 38.2 Å². The molecule has 0 atom stereocenters. The number of benzene rings is 5. The van der Waals surface area contributed by atoms with Crippen LogP contribution >= 0.6 is 0 Å². The van der Waals surface area contributed by atoms with Crippen molar-refractivity contribution < 1.29 is 10.2 Å². The minimum absolute atomic E-state index is 0.270. The lowest BCUT2D eigenvalue weighted by Crippen LogP contribution is -1.95. The molecule has 0 fully saturated rings. The maximum atomic E-state index is 9.90. The third kappa shape index (κ3) is 3.48.